The van der Waals surface area contributed by atoms with Gasteiger partial charge in [0.25, 0.3) is 16.0 Å². The molecule has 0 bridgehead atoms. The van der Waals surface area contributed by atoms with Crippen LogP contribution in [0.2, 0.25) is 0 Å². The monoisotopic (exact) mass is 467 g/mol. The van der Waals surface area contributed by atoms with E-state index in [-0.39, 0.29) is 5.91 Å². The first-order valence-electron chi connectivity index (χ1n) is 11.0. The topological polar surface area (TPSA) is 63.7 Å². The molecule has 0 radical (unpaired) electrons. The lowest BCUT2D eigenvalue weighted by molar-refractivity contribution is -0.134. The van der Waals surface area contributed by atoms with Crippen LogP contribution in [0.5, 0.6) is 0 Å². The van der Waals surface area contributed by atoms with Gasteiger partial charge in [0.2, 0.25) is 0 Å². The second kappa shape index (κ2) is 7.65. The normalized spacial score (nSPS) is 18.5. The first-order chi connectivity index (χ1) is 16.4. The van der Waals surface area contributed by atoms with E-state index < -0.39 is 22.3 Å². The first-order valence-corrected chi connectivity index (χ1v) is 12.8. The summed E-state index contributed by atoms with van der Waals surface area (Å²) in [5.74, 6) is -0.371. The summed E-state index contributed by atoms with van der Waals surface area (Å²) < 4.78 is 29.1. The van der Waals surface area contributed by atoms with Crippen molar-refractivity contribution in [1.82, 2.24) is 0 Å². The molecule has 0 unspecified atom stereocenters. The number of benzene rings is 5. The Balaban J connectivity index is 1.62. The zero-order valence-corrected chi connectivity index (χ0v) is 19.2. The van der Waals surface area contributed by atoms with Crippen molar-refractivity contribution in [1.29, 1.82) is 0 Å². The molecule has 168 valence electrons. The number of hydrogen-bond donors (Lipinski definition) is 0. The van der Waals surface area contributed by atoms with Crippen molar-refractivity contribution < 1.29 is 17.4 Å². The molecule has 34 heavy (non-hydrogen) atoms. The zero-order valence-electron chi connectivity index (χ0n) is 18.4. The van der Waals surface area contributed by atoms with E-state index in [0.717, 1.165) is 49.8 Å². The molecule has 5 aromatic carbocycles. The van der Waals surface area contributed by atoms with Gasteiger partial charge in [0.05, 0.1) is 18.0 Å². The molecule has 1 amide bonds. The standard InChI is InChI=1S/C28H21NO4S/c1-34(31,32)33-27-26(19-10-3-2-4-11-19)29(28(27)30)25-17-24-20-12-6-5-9-18(20)15-16-22(24)21-13-7-8-14-23(21)25/h2-17,26-27H,1H3/t26-,27-/m1/s1. The van der Waals surface area contributed by atoms with E-state index >= 15 is 0 Å². The predicted octanol–water partition coefficient (Wildman–Crippen LogP) is 5.58. The summed E-state index contributed by atoms with van der Waals surface area (Å²) in [6.45, 7) is 0. The summed E-state index contributed by atoms with van der Waals surface area (Å²) in [5.41, 5.74) is 1.56. The van der Waals surface area contributed by atoms with Crippen LogP contribution in [0, 0.1) is 0 Å². The van der Waals surface area contributed by atoms with Crippen LogP contribution in [-0.4, -0.2) is 26.7 Å². The predicted molar refractivity (Wildman–Crippen MR) is 135 cm³/mol. The van der Waals surface area contributed by atoms with Gasteiger partial charge in [-0.1, -0.05) is 91.0 Å². The lowest BCUT2D eigenvalue weighted by Crippen LogP contribution is -2.60. The largest absolute Gasteiger partial charge is 0.299 e. The molecule has 6 rings (SSSR count). The smallest absolute Gasteiger partial charge is 0.265 e. The van der Waals surface area contributed by atoms with E-state index in [2.05, 4.69) is 30.3 Å². The van der Waals surface area contributed by atoms with Gasteiger partial charge in [-0.3, -0.25) is 13.9 Å². The van der Waals surface area contributed by atoms with E-state index in [1.165, 1.54) is 0 Å². The maximum atomic E-state index is 13.4. The fourth-order valence-corrected chi connectivity index (χ4v) is 5.59. The van der Waals surface area contributed by atoms with Crippen molar-refractivity contribution in [3.63, 3.8) is 0 Å². The SMILES string of the molecule is CS(=O)(=O)O[C@H]1C(=O)N(c2cc3c4ccccc4ccc3c3ccccc23)[C@@H]1c1ccccc1. The molecule has 1 aliphatic rings. The third kappa shape index (κ3) is 3.26. The van der Waals surface area contributed by atoms with Gasteiger partial charge < -0.3 is 0 Å². The second-order valence-electron chi connectivity index (χ2n) is 8.61. The van der Waals surface area contributed by atoms with Crippen molar-refractivity contribution >= 4 is 54.0 Å². The first kappa shape index (κ1) is 20.8. The highest BCUT2D eigenvalue weighted by Gasteiger charge is 2.52. The van der Waals surface area contributed by atoms with E-state index in [4.69, 9.17) is 4.18 Å². The van der Waals surface area contributed by atoms with Gasteiger partial charge in [0, 0.05) is 5.39 Å². The number of carbonyl (C=O) groups is 1. The van der Waals surface area contributed by atoms with Crippen LogP contribution >= 0.6 is 0 Å². The maximum absolute atomic E-state index is 13.4. The molecular weight excluding hydrogens is 446 g/mol. The Kier molecular flexibility index (Phi) is 4.69. The summed E-state index contributed by atoms with van der Waals surface area (Å²) in [6, 6.07) is 31.3. The summed E-state index contributed by atoms with van der Waals surface area (Å²) in [5, 5.41) is 6.32. The fourth-order valence-electron chi connectivity index (χ4n) is 5.03. The zero-order chi connectivity index (χ0) is 23.4. The van der Waals surface area contributed by atoms with Crippen LogP contribution in [0.4, 0.5) is 5.69 Å². The molecule has 1 heterocycles. The molecule has 1 saturated heterocycles. The van der Waals surface area contributed by atoms with E-state index in [1.807, 2.05) is 66.7 Å². The van der Waals surface area contributed by atoms with E-state index in [0.29, 0.717) is 0 Å². The van der Waals surface area contributed by atoms with Crippen molar-refractivity contribution in [2.45, 2.75) is 12.1 Å². The summed E-state index contributed by atoms with van der Waals surface area (Å²) >= 11 is 0. The minimum atomic E-state index is -3.82. The summed E-state index contributed by atoms with van der Waals surface area (Å²) in [7, 11) is -3.82. The molecule has 0 saturated carbocycles. The van der Waals surface area contributed by atoms with Crippen molar-refractivity contribution in [3.8, 4) is 0 Å². The lowest BCUT2D eigenvalue weighted by atomic mass is 9.88. The molecule has 5 aromatic rings. The number of β-lactam (4-membered cyclic amide) rings is 1. The van der Waals surface area contributed by atoms with Crippen LogP contribution in [0.15, 0.2) is 97.1 Å². The highest BCUT2D eigenvalue weighted by Crippen LogP contribution is 2.46. The number of hydrogen-bond acceptors (Lipinski definition) is 4. The van der Waals surface area contributed by atoms with Gasteiger partial charge in [-0.05, 0) is 38.6 Å². The molecule has 6 heteroatoms. The summed E-state index contributed by atoms with van der Waals surface area (Å²) in [4.78, 5) is 15.1. The molecule has 0 aliphatic carbocycles. The Morgan fingerprint density at radius 1 is 0.706 bits per heavy atom. The van der Waals surface area contributed by atoms with Crippen LogP contribution in [-0.2, 0) is 19.1 Å². The van der Waals surface area contributed by atoms with Gasteiger partial charge in [-0.15, -0.1) is 0 Å². The molecule has 1 fully saturated rings. The molecule has 0 N–H and O–H groups in total. The summed E-state index contributed by atoms with van der Waals surface area (Å²) in [6.07, 6.45) is -0.123. The molecule has 5 nitrogen and oxygen atoms in total. The quantitative estimate of drug-likeness (QED) is 0.197. The van der Waals surface area contributed by atoms with Gasteiger partial charge >= 0.3 is 0 Å². The van der Waals surface area contributed by atoms with Crippen LogP contribution < -0.4 is 4.90 Å². The van der Waals surface area contributed by atoms with Crippen LogP contribution in [0.1, 0.15) is 11.6 Å². The third-order valence-corrected chi connectivity index (χ3v) is 7.03. The number of anilines is 1. The minimum Gasteiger partial charge on any atom is -0.299 e. The molecule has 0 aromatic heterocycles. The number of nitrogens with zero attached hydrogens (tertiary/aromatic N) is 1. The highest BCUT2D eigenvalue weighted by atomic mass is 32.2. The van der Waals surface area contributed by atoms with Crippen LogP contribution in [0.3, 0.4) is 0 Å². The van der Waals surface area contributed by atoms with Crippen molar-refractivity contribution in [2.24, 2.45) is 0 Å². The molecular formula is C28H21NO4S. The Bertz CT molecular complexity index is 1700. The second-order valence-corrected chi connectivity index (χ2v) is 10.2. The van der Waals surface area contributed by atoms with Crippen molar-refractivity contribution in [3.05, 3.63) is 103 Å². The number of rotatable bonds is 4. The number of fused-ring (bicyclic) bond motifs is 5. The van der Waals surface area contributed by atoms with Gasteiger partial charge in [-0.2, -0.15) is 8.42 Å². The van der Waals surface area contributed by atoms with Gasteiger partial charge in [0.15, 0.2) is 6.10 Å². The number of amides is 1. The average molecular weight is 468 g/mol. The van der Waals surface area contributed by atoms with E-state index in [1.54, 1.807) is 4.90 Å². The minimum absolute atomic E-state index is 0.371. The average Bonchev–Trinajstić information content (AvgIpc) is 2.85. The molecule has 0 spiro atoms. The van der Waals surface area contributed by atoms with Crippen molar-refractivity contribution in [2.75, 3.05) is 11.2 Å². The highest BCUT2D eigenvalue weighted by molar-refractivity contribution is 7.86. The number of carbonyl (C=O) groups excluding carboxylic acids is 1. The van der Waals surface area contributed by atoms with Crippen LogP contribution in [0.25, 0.3) is 32.3 Å². The Labute approximate surface area is 197 Å². The maximum Gasteiger partial charge on any atom is 0.265 e. The lowest BCUT2D eigenvalue weighted by Gasteiger charge is -2.46. The Hall–Kier alpha value is -3.74. The Morgan fingerprint density at radius 3 is 2.06 bits per heavy atom. The Morgan fingerprint density at radius 2 is 1.32 bits per heavy atom. The fraction of sp³-hybridized carbons (Fsp3) is 0.107. The molecule has 2 atom stereocenters. The van der Waals surface area contributed by atoms with Gasteiger partial charge in [0.1, 0.15) is 0 Å². The van der Waals surface area contributed by atoms with E-state index in [9.17, 15) is 13.2 Å². The molecule has 1 aliphatic heterocycles. The third-order valence-electron chi connectivity index (χ3n) is 6.47. The van der Waals surface area contributed by atoms with Gasteiger partial charge in [-0.25, -0.2) is 0 Å².